The number of rotatable bonds is 13. The molecular formula is C43H48O7. The molecule has 2 aliphatic carbocycles. The first-order valence-corrected chi connectivity index (χ1v) is 17.8. The lowest BCUT2D eigenvalue weighted by Crippen LogP contribution is -2.62. The fourth-order valence-electron chi connectivity index (χ4n) is 7.68. The number of aliphatic hydroxyl groups excluding tert-OH is 1. The quantitative estimate of drug-likeness (QED) is 0.148. The number of hydrogen-bond acceptors (Lipinski definition) is 7. The smallest absolute Gasteiger partial charge is 0.163 e. The Balaban J connectivity index is 1.31. The van der Waals surface area contributed by atoms with Crippen LogP contribution in [-0.2, 0) is 54.8 Å². The van der Waals surface area contributed by atoms with Gasteiger partial charge in [0.2, 0.25) is 0 Å². The predicted molar refractivity (Wildman–Crippen MR) is 191 cm³/mol. The van der Waals surface area contributed by atoms with Gasteiger partial charge in [0, 0.05) is 5.92 Å². The maximum absolute atomic E-state index is 11.5. The van der Waals surface area contributed by atoms with Crippen LogP contribution < -0.4 is 0 Å². The van der Waals surface area contributed by atoms with E-state index in [4.69, 9.17) is 28.4 Å². The van der Waals surface area contributed by atoms with Crippen molar-refractivity contribution in [3.63, 3.8) is 0 Å². The van der Waals surface area contributed by atoms with Crippen molar-refractivity contribution in [2.75, 3.05) is 6.61 Å². The maximum atomic E-state index is 11.5. The third-order valence-electron chi connectivity index (χ3n) is 10.0. The minimum atomic E-state index is -0.722. The topological polar surface area (TPSA) is 75.6 Å². The van der Waals surface area contributed by atoms with Gasteiger partial charge in [-0.05, 0) is 54.0 Å². The molecule has 50 heavy (non-hydrogen) atoms. The highest BCUT2D eigenvalue weighted by molar-refractivity contribution is 5.30. The van der Waals surface area contributed by atoms with Gasteiger partial charge in [0.1, 0.15) is 18.3 Å². The molecule has 0 radical (unpaired) electrons. The lowest BCUT2D eigenvalue weighted by molar-refractivity contribution is -0.225. The van der Waals surface area contributed by atoms with Gasteiger partial charge >= 0.3 is 0 Å². The molecule has 7 rings (SSSR count). The normalized spacial score (nSPS) is 28.9. The van der Waals surface area contributed by atoms with Crippen molar-refractivity contribution in [3.8, 4) is 0 Å². The van der Waals surface area contributed by atoms with E-state index in [1.165, 1.54) is 0 Å². The van der Waals surface area contributed by atoms with Gasteiger partial charge in [-0.1, -0.05) is 127 Å². The minimum absolute atomic E-state index is 0.117. The second kappa shape index (κ2) is 16.1. The maximum Gasteiger partial charge on any atom is 0.163 e. The zero-order valence-corrected chi connectivity index (χ0v) is 28.9. The Kier molecular flexibility index (Phi) is 11.2. The molecule has 1 N–H and O–H groups in total. The molecule has 262 valence electrons. The van der Waals surface area contributed by atoms with Crippen molar-refractivity contribution in [2.24, 2.45) is 11.8 Å². The molecule has 0 spiro atoms. The molecular weight excluding hydrogens is 628 g/mol. The lowest BCUT2D eigenvalue weighted by Gasteiger charge is -2.52. The molecule has 4 aromatic carbocycles. The van der Waals surface area contributed by atoms with Crippen molar-refractivity contribution >= 4 is 0 Å². The summed E-state index contributed by atoms with van der Waals surface area (Å²) in [6.45, 7) is 5.82. The summed E-state index contributed by atoms with van der Waals surface area (Å²) in [6, 6.07) is 40.8. The standard InChI is InChI=1S/C43H48O7/c1-43(2)49-29-37(50-43)35-23-34(44)24-36-38(35)40(46-26-31-17-9-4-10-18-31)42(48-28-33-21-13-6-14-22-33)41(47-27-32-19-11-5-12-20-32)39(36)45-25-30-15-7-3-8-16-30/h3-22,24,34-35,37-42,44H,23,25-29H2,1-2H3/t34-,35+,37+,38+,39+,40+,41-,42-/m0/s1. The Bertz CT molecular complexity index is 1650. The second-order valence-electron chi connectivity index (χ2n) is 14.0. The van der Waals surface area contributed by atoms with Crippen LogP contribution in [0.5, 0.6) is 0 Å². The van der Waals surface area contributed by atoms with Gasteiger partial charge in [0.15, 0.2) is 5.79 Å². The fraction of sp³-hybridized carbons (Fsp3) is 0.395. The number of benzene rings is 4. The minimum Gasteiger partial charge on any atom is -0.389 e. The molecule has 0 bridgehead atoms. The zero-order chi connectivity index (χ0) is 34.3. The Labute approximate surface area is 295 Å². The van der Waals surface area contributed by atoms with Gasteiger partial charge in [0.05, 0.1) is 51.3 Å². The summed E-state index contributed by atoms with van der Waals surface area (Å²) >= 11 is 0. The van der Waals surface area contributed by atoms with E-state index in [2.05, 4.69) is 48.5 Å². The van der Waals surface area contributed by atoms with Gasteiger partial charge in [-0.25, -0.2) is 0 Å². The zero-order valence-electron chi connectivity index (χ0n) is 28.9. The molecule has 0 aromatic heterocycles. The van der Waals surface area contributed by atoms with Gasteiger partial charge in [-0.3, -0.25) is 0 Å². The van der Waals surface area contributed by atoms with Gasteiger partial charge in [0.25, 0.3) is 0 Å². The summed E-state index contributed by atoms with van der Waals surface area (Å²) in [5.74, 6) is -1.03. The molecule has 1 aliphatic heterocycles. The SMILES string of the molecule is CC1(C)OC[C@H]([C@H]2C[C@H](O)C=C3[C@@H]2[C@@H](OCc2ccccc2)[C@H](OCc2ccccc2)[C@@H](OCc2ccccc2)[C@@H]3OCc2ccccc2)O1. The van der Waals surface area contributed by atoms with E-state index in [9.17, 15) is 5.11 Å². The molecule has 4 aromatic rings. The molecule has 3 aliphatic rings. The molecule has 0 unspecified atom stereocenters. The molecule has 2 fully saturated rings. The van der Waals surface area contributed by atoms with E-state index in [0.29, 0.717) is 39.5 Å². The summed E-state index contributed by atoms with van der Waals surface area (Å²) in [4.78, 5) is 0. The first kappa shape index (κ1) is 34.8. The van der Waals surface area contributed by atoms with Crippen LogP contribution in [0.25, 0.3) is 0 Å². The summed E-state index contributed by atoms with van der Waals surface area (Å²) in [6.07, 6.45) is -0.469. The highest BCUT2D eigenvalue weighted by Crippen LogP contribution is 2.49. The number of fused-ring (bicyclic) bond motifs is 1. The Morgan fingerprint density at radius 2 is 1.04 bits per heavy atom. The average Bonchev–Trinajstić information content (AvgIpc) is 3.52. The Hall–Kier alpha value is -3.66. The van der Waals surface area contributed by atoms with Crippen LogP contribution in [0.4, 0.5) is 0 Å². The molecule has 7 nitrogen and oxygen atoms in total. The van der Waals surface area contributed by atoms with E-state index in [0.717, 1.165) is 27.8 Å². The molecule has 7 heteroatoms. The average molecular weight is 677 g/mol. The third-order valence-corrected chi connectivity index (χ3v) is 10.0. The van der Waals surface area contributed by atoms with Crippen LogP contribution in [0, 0.1) is 11.8 Å². The summed E-state index contributed by atoms with van der Waals surface area (Å²) in [5.41, 5.74) is 5.20. The van der Waals surface area contributed by atoms with Crippen LogP contribution >= 0.6 is 0 Å². The lowest BCUT2D eigenvalue weighted by atomic mass is 9.64. The highest BCUT2D eigenvalue weighted by Gasteiger charge is 2.57. The van der Waals surface area contributed by atoms with Gasteiger partial charge in [-0.2, -0.15) is 0 Å². The van der Waals surface area contributed by atoms with E-state index >= 15 is 0 Å². The molecule has 1 heterocycles. The van der Waals surface area contributed by atoms with E-state index in [1.807, 2.05) is 92.7 Å². The molecule has 1 saturated carbocycles. The first-order chi connectivity index (χ1) is 24.4. The van der Waals surface area contributed by atoms with Crippen LogP contribution in [-0.4, -0.2) is 54.1 Å². The Morgan fingerprint density at radius 1 is 0.600 bits per heavy atom. The summed E-state index contributed by atoms with van der Waals surface area (Å²) < 4.78 is 40.5. The van der Waals surface area contributed by atoms with Crippen molar-refractivity contribution in [1.82, 2.24) is 0 Å². The number of hydrogen-bond donors (Lipinski definition) is 1. The van der Waals surface area contributed by atoms with E-state index < -0.39 is 36.3 Å². The second-order valence-corrected chi connectivity index (χ2v) is 14.0. The van der Waals surface area contributed by atoms with E-state index in [1.54, 1.807) is 0 Å². The van der Waals surface area contributed by atoms with Gasteiger partial charge in [-0.15, -0.1) is 0 Å². The summed E-state index contributed by atoms with van der Waals surface area (Å²) in [7, 11) is 0. The van der Waals surface area contributed by atoms with Crippen LogP contribution in [0.1, 0.15) is 42.5 Å². The third kappa shape index (κ3) is 8.44. The van der Waals surface area contributed by atoms with Crippen molar-refractivity contribution in [2.45, 2.75) is 89.1 Å². The monoisotopic (exact) mass is 676 g/mol. The van der Waals surface area contributed by atoms with Crippen molar-refractivity contribution in [3.05, 3.63) is 155 Å². The van der Waals surface area contributed by atoms with Crippen LogP contribution in [0.15, 0.2) is 133 Å². The first-order valence-electron chi connectivity index (χ1n) is 17.8. The Morgan fingerprint density at radius 3 is 1.50 bits per heavy atom. The van der Waals surface area contributed by atoms with Crippen LogP contribution in [0.3, 0.4) is 0 Å². The van der Waals surface area contributed by atoms with E-state index in [-0.39, 0.29) is 17.9 Å². The number of ether oxygens (including phenoxy) is 6. The highest BCUT2D eigenvalue weighted by atomic mass is 16.7. The summed E-state index contributed by atoms with van der Waals surface area (Å²) in [5, 5.41) is 11.5. The van der Waals surface area contributed by atoms with Gasteiger partial charge < -0.3 is 33.5 Å². The fourth-order valence-corrected chi connectivity index (χ4v) is 7.68. The molecule has 0 amide bonds. The molecule has 1 saturated heterocycles. The predicted octanol–water partition coefficient (Wildman–Crippen LogP) is 7.42. The number of aliphatic hydroxyl groups is 1. The largest absolute Gasteiger partial charge is 0.389 e. The van der Waals surface area contributed by atoms with Crippen LogP contribution in [0.2, 0.25) is 0 Å². The van der Waals surface area contributed by atoms with Crippen molar-refractivity contribution in [1.29, 1.82) is 0 Å². The van der Waals surface area contributed by atoms with Crippen molar-refractivity contribution < 1.29 is 33.5 Å². The molecule has 8 atom stereocenters.